The first kappa shape index (κ1) is 17.2. The van der Waals surface area contributed by atoms with Gasteiger partial charge in [-0.25, -0.2) is 9.97 Å². The van der Waals surface area contributed by atoms with Crippen LogP contribution in [0.2, 0.25) is 0 Å². The zero-order valence-electron chi connectivity index (χ0n) is 15.6. The summed E-state index contributed by atoms with van der Waals surface area (Å²) in [4.78, 5) is 9.73. The van der Waals surface area contributed by atoms with Gasteiger partial charge in [-0.05, 0) is 23.6 Å². The summed E-state index contributed by atoms with van der Waals surface area (Å²) in [5.41, 5.74) is 6.45. The van der Waals surface area contributed by atoms with E-state index in [2.05, 4.69) is 68.4 Å². The number of hydrogen-bond donors (Lipinski definition) is 0. The van der Waals surface area contributed by atoms with E-state index in [4.69, 9.17) is 9.97 Å². The third kappa shape index (κ3) is 3.80. The summed E-state index contributed by atoms with van der Waals surface area (Å²) in [7, 11) is 0. The SMILES string of the molecule is CC(C)c1cccc(-c2cc(-c3ccccc3)nc(-c3ccccc3)n2)c1. The molecule has 0 bridgehead atoms. The predicted molar refractivity (Wildman–Crippen MR) is 112 cm³/mol. The fraction of sp³-hybridized carbons (Fsp3) is 0.120. The largest absolute Gasteiger partial charge is 0.228 e. The van der Waals surface area contributed by atoms with Crippen molar-refractivity contribution in [3.63, 3.8) is 0 Å². The topological polar surface area (TPSA) is 25.8 Å². The van der Waals surface area contributed by atoms with Crippen LogP contribution in [0.25, 0.3) is 33.9 Å². The molecule has 0 fully saturated rings. The summed E-state index contributed by atoms with van der Waals surface area (Å²) in [6, 6.07) is 31.2. The van der Waals surface area contributed by atoms with E-state index in [1.54, 1.807) is 0 Å². The van der Waals surface area contributed by atoms with Crippen LogP contribution >= 0.6 is 0 Å². The van der Waals surface area contributed by atoms with Gasteiger partial charge in [0.1, 0.15) is 0 Å². The van der Waals surface area contributed by atoms with E-state index in [-0.39, 0.29) is 0 Å². The van der Waals surface area contributed by atoms with Crippen LogP contribution in [0.3, 0.4) is 0 Å². The molecule has 0 saturated carbocycles. The van der Waals surface area contributed by atoms with Crippen LogP contribution in [-0.2, 0) is 0 Å². The van der Waals surface area contributed by atoms with E-state index in [9.17, 15) is 0 Å². The lowest BCUT2D eigenvalue weighted by Gasteiger charge is -2.11. The van der Waals surface area contributed by atoms with E-state index in [1.165, 1.54) is 5.56 Å². The molecule has 0 aliphatic rings. The summed E-state index contributed by atoms with van der Waals surface area (Å²) < 4.78 is 0. The van der Waals surface area contributed by atoms with Crippen LogP contribution < -0.4 is 0 Å². The smallest absolute Gasteiger partial charge is 0.160 e. The Morgan fingerprint density at radius 3 is 1.74 bits per heavy atom. The van der Waals surface area contributed by atoms with Gasteiger partial charge in [0.25, 0.3) is 0 Å². The Balaban J connectivity index is 1.90. The normalized spacial score (nSPS) is 10.9. The van der Waals surface area contributed by atoms with Crippen LogP contribution in [0.15, 0.2) is 91.0 Å². The number of nitrogens with zero attached hydrogens (tertiary/aromatic N) is 2. The van der Waals surface area contributed by atoms with Crippen LogP contribution in [0.1, 0.15) is 25.3 Å². The average molecular weight is 350 g/mol. The van der Waals surface area contributed by atoms with Gasteiger partial charge in [0.15, 0.2) is 5.82 Å². The second-order valence-electron chi connectivity index (χ2n) is 6.97. The van der Waals surface area contributed by atoms with E-state index < -0.39 is 0 Å². The summed E-state index contributed by atoms with van der Waals surface area (Å²) >= 11 is 0. The minimum Gasteiger partial charge on any atom is -0.228 e. The molecule has 0 atom stereocenters. The van der Waals surface area contributed by atoms with E-state index in [1.807, 2.05) is 36.4 Å². The van der Waals surface area contributed by atoms with Gasteiger partial charge in [0.05, 0.1) is 11.4 Å². The summed E-state index contributed by atoms with van der Waals surface area (Å²) in [6.45, 7) is 4.42. The summed E-state index contributed by atoms with van der Waals surface area (Å²) in [5, 5.41) is 0. The highest BCUT2D eigenvalue weighted by Crippen LogP contribution is 2.28. The van der Waals surface area contributed by atoms with Crippen LogP contribution in [0.4, 0.5) is 0 Å². The molecule has 0 N–H and O–H groups in total. The van der Waals surface area contributed by atoms with Crippen molar-refractivity contribution in [2.75, 3.05) is 0 Å². The Kier molecular flexibility index (Phi) is 4.80. The Morgan fingerprint density at radius 2 is 1.11 bits per heavy atom. The molecule has 4 aromatic rings. The number of benzene rings is 3. The molecule has 0 saturated heterocycles. The summed E-state index contributed by atoms with van der Waals surface area (Å²) in [6.07, 6.45) is 0. The molecule has 4 rings (SSSR count). The Bertz CT molecular complexity index is 980. The van der Waals surface area contributed by atoms with Crippen molar-refractivity contribution >= 4 is 0 Å². The molecular weight excluding hydrogens is 328 g/mol. The Morgan fingerprint density at radius 1 is 0.556 bits per heavy atom. The van der Waals surface area contributed by atoms with Crippen LogP contribution in [0.5, 0.6) is 0 Å². The van der Waals surface area contributed by atoms with Crippen molar-refractivity contribution in [2.45, 2.75) is 19.8 Å². The first-order valence-electron chi connectivity index (χ1n) is 9.31. The van der Waals surface area contributed by atoms with Crippen molar-refractivity contribution < 1.29 is 0 Å². The number of hydrogen-bond acceptors (Lipinski definition) is 2. The lowest BCUT2D eigenvalue weighted by molar-refractivity contribution is 0.867. The van der Waals surface area contributed by atoms with Gasteiger partial charge in [-0.15, -0.1) is 0 Å². The first-order chi connectivity index (χ1) is 13.2. The van der Waals surface area contributed by atoms with Gasteiger partial charge in [-0.2, -0.15) is 0 Å². The molecule has 0 spiro atoms. The maximum Gasteiger partial charge on any atom is 0.160 e. The van der Waals surface area contributed by atoms with E-state index in [0.717, 1.165) is 33.9 Å². The molecule has 0 amide bonds. The molecule has 3 aromatic carbocycles. The van der Waals surface area contributed by atoms with Gasteiger partial charge in [-0.3, -0.25) is 0 Å². The molecule has 27 heavy (non-hydrogen) atoms. The molecule has 2 heteroatoms. The Hall–Kier alpha value is -3.26. The van der Waals surface area contributed by atoms with Crippen molar-refractivity contribution in [1.29, 1.82) is 0 Å². The minimum absolute atomic E-state index is 0.481. The number of aromatic nitrogens is 2. The van der Waals surface area contributed by atoms with Crippen LogP contribution in [-0.4, -0.2) is 9.97 Å². The molecule has 0 aliphatic heterocycles. The minimum atomic E-state index is 0.481. The Labute approximate surface area is 160 Å². The lowest BCUT2D eigenvalue weighted by atomic mass is 9.99. The fourth-order valence-electron chi connectivity index (χ4n) is 3.13. The third-order valence-electron chi connectivity index (χ3n) is 4.68. The first-order valence-corrected chi connectivity index (χ1v) is 9.31. The van der Waals surface area contributed by atoms with Crippen molar-refractivity contribution in [3.05, 3.63) is 96.6 Å². The molecular formula is C25H22N2. The van der Waals surface area contributed by atoms with Crippen LogP contribution in [0, 0.1) is 0 Å². The quantitative estimate of drug-likeness (QED) is 0.414. The summed E-state index contributed by atoms with van der Waals surface area (Å²) in [5.74, 6) is 1.23. The zero-order valence-corrected chi connectivity index (χ0v) is 15.6. The highest BCUT2D eigenvalue weighted by atomic mass is 14.9. The molecule has 0 radical (unpaired) electrons. The number of rotatable bonds is 4. The second kappa shape index (κ2) is 7.55. The van der Waals surface area contributed by atoms with Gasteiger partial charge in [0, 0.05) is 16.7 Å². The predicted octanol–water partition coefficient (Wildman–Crippen LogP) is 6.60. The van der Waals surface area contributed by atoms with Gasteiger partial charge >= 0.3 is 0 Å². The van der Waals surface area contributed by atoms with Crippen molar-refractivity contribution in [2.24, 2.45) is 0 Å². The van der Waals surface area contributed by atoms with Gasteiger partial charge in [0.2, 0.25) is 0 Å². The third-order valence-corrected chi connectivity index (χ3v) is 4.68. The van der Waals surface area contributed by atoms with Crippen molar-refractivity contribution in [3.8, 4) is 33.9 Å². The van der Waals surface area contributed by atoms with E-state index in [0.29, 0.717) is 5.92 Å². The van der Waals surface area contributed by atoms with Crippen molar-refractivity contribution in [1.82, 2.24) is 9.97 Å². The highest BCUT2D eigenvalue weighted by Gasteiger charge is 2.11. The average Bonchev–Trinajstić information content (AvgIpc) is 2.75. The molecule has 0 aliphatic carbocycles. The second-order valence-corrected chi connectivity index (χ2v) is 6.97. The molecule has 0 unspecified atom stereocenters. The molecule has 2 nitrogen and oxygen atoms in total. The highest BCUT2D eigenvalue weighted by molar-refractivity contribution is 5.72. The lowest BCUT2D eigenvalue weighted by Crippen LogP contribution is -1.96. The maximum atomic E-state index is 4.89. The molecule has 1 heterocycles. The maximum absolute atomic E-state index is 4.89. The standard InChI is InChI=1S/C25H22N2/c1-18(2)21-14-9-15-22(16-21)24-17-23(19-10-5-3-6-11-19)26-25(27-24)20-12-7-4-8-13-20/h3-18H,1-2H3. The molecule has 132 valence electrons. The fourth-order valence-corrected chi connectivity index (χ4v) is 3.13. The molecule has 1 aromatic heterocycles. The zero-order chi connectivity index (χ0) is 18.6. The monoisotopic (exact) mass is 350 g/mol. The van der Waals surface area contributed by atoms with E-state index >= 15 is 0 Å². The van der Waals surface area contributed by atoms with Gasteiger partial charge in [-0.1, -0.05) is 92.7 Å². The van der Waals surface area contributed by atoms with Gasteiger partial charge < -0.3 is 0 Å².